The molecule has 35 heavy (non-hydrogen) atoms. The molecule has 1 aliphatic heterocycles. The molecule has 0 aromatic heterocycles. The van der Waals surface area contributed by atoms with E-state index in [0.29, 0.717) is 29.1 Å². The summed E-state index contributed by atoms with van der Waals surface area (Å²) in [5.41, 5.74) is 4.31. The van der Waals surface area contributed by atoms with Gasteiger partial charge >= 0.3 is 0 Å². The molecule has 2 atom stereocenters. The largest absolute Gasteiger partial charge is 0.493 e. The summed E-state index contributed by atoms with van der Waals surface area (Å²) in [5.74, 6) is 1.10. The normalized spacial score (nSPS) is 19.0. The van der Waals surface area contributed by atoms with E-state index in [1.54, 1.807) is 32.4 Å². The first-order chi connectivity index (χ1) is 17.0. The van der Waals surface area contributed by atoms with Gasteiger partial charge in [0.15, 0.2) is 17.3 Å². The number of carbonyl (C=O) groups excluding carboxylic acids is 1. The van der Waals surface area contributed by atoms with Crippen molar-refractivity contribution >= 4 is 22.8 Å². The molecular formula is C27H25N3O5. The third-order valence-corrected chi connectivity index (χ3v) is 6.63. The highest BCUT2D eigenvalue weighted by molar-refractivity contribution is 6.01. The number of ketones is 1. The minimum absolute atomic E-state index is 0.0222. The molecule has 1 aliphatic carbocycles. The number of Topliss-reactive ketones (excluding diaryl/α,β-unsaturated/α-hetero) is 1. The predicted molar refractivity (Wildman–Crippen MR) is 133 cm³/mol. The summed E-state index contributed by atoms with van der Waals surface area (Å²) in [7, 11) is 3.17. The van der Waals surface area contributed by atoms with Gasteiger partial charge in [0.05, 0.1) is 42.1 Å². The maximum Gasteiger partial charge on any atom is 0.275 e. The van der Waals surface area contributed by atoms with E-state index < -0.39 is 11.0 Å². The standard InChI is InChI=1S/C27H25N3O5/c1-34-24-12-11-16(15-25(24)35-2)17-13-21-26(23(31)14-17)27(18-7-3-6-10-22(18)30(32)33)29-20-9-5-4-8-19(20)28-21/h3-12,15,17,27-29H,13-14H2,1-2H3/t17-,27-/m0/s1. The Balaban J connectivity index is 1.62. The Morgan fingerprint density at radius 2 is 1.63 bits per heavy atom. The number of hydrogen-bond donors (Lipinski definition) is 2. The lowest BCUT2D eigenvalue weighted by Crippen LogP contribution is -2.27. The SMILES string of the molecule is COc1ccc([C@@H]2CC(=O)C3=C(C2)Nc2ccccc2N[C@H]3c2ccccc2[N+](=O)[O-])cc1OC. The van der Waals surface area contributed by atoms with Crippen LogP contribution in [0.3, 0.4) is 0 Å². The van der Waals surface area contributed by atoms with Crippen LogP contribution in [0.25, 0.3) is 0 Å². The molecule has 2 aliphatic rings. The maximum absolute atomic E-state index is 13.7. The quantitative estimate of drug-likeness (QED) is 0.369. The van der Waals surface area contributed by atoms with E-state index in [4.69, 9.17) is 9.47 Å². The van der Waals surface area contributed by atoms with Crippen LogP contribution in [0.2, 0.25) is 0 Å². The van der Waals surface area contributed by atoms with E-state index in [1.807, 2.05) is 42.5 Å². The zero-order chi connectivity index (χ0) is 24.5. The highest BCUT2D eigenvalue weighted by Crippen LogP contribution is 2.46. The van der Waals surface area contributed by atoms with Crippen molar-refractivity contribution in [2.24, 2.45) is 0 Å². The summed E-state index contributed by atoms with van der Waals surface area (Å²) in [6, 6.07) is 19.3. The average Bonchev–Trinajstić information content (AvgIpc) is 3.05. The fourth-order valence-electron chi connectivity index (χ4n) is 4.97. The summed E-state index contributed by atoms with van der Waals surface area (Å²) >= 11 is 0. The van der Waals surface area contributed by atoms with Crippen LogP contribution in [0.5, 0.6) is 11.5 Å². The number of nitro groups is 1. The first kappa shape index (κ1) is 22.5. The Hall–Kier alpha value is -4.33. The number of para-hydroxylation sites is 3. The van der Waals surface area contributed by atoms with E-state index in [2.05, 4.69) is 10.6 Å². The van der Waals surface area contributed by atoms with E-state index in [1.165, 1.54) is 6.07 Å². The van der Waals surface area contributed by atoms with Gasteiger partial charge in [0.25, 0.3) is 5.69 Å². The van der Waals surface area contributed by atoms with Gasteiger partial charge in [-0.05, 0) is 48.2 Å². The molecular weight excluding hydrogens is 446 g/mol. The van der Waals surface area contributed by atoms with Crippen molar-refractivity contribution in [3.8, 4) is 11.5 Å². The summed E-state index contributed by atoms with van der Waals surface area (Å²) in [6.45, 7) is 0. The fourth-order valence-corrected chi connectivity index (χ4v) is 4.97. The molecule has 8 nitrogen and oxygen atoms in total. The minimum atomic E-state index is -0.651. The predicted octanol–water partition coefficient (Wildman–Crippen LogP) is 5.59. The lowest BCUT2D eigenvalue weighted by Gasteiger charge is -2.30. The second kappa shape index (κ2) is 9.13. The van der Waals surface area contributed by atoms with E-state index in [0.717, 1.165) is 22.6 Å². The summed E-state index contributed by atoms with van der Waals surface area (Å²) in [5, 5.41) is 18.7. The van der Waals surface area contributed by atoms with Gasteiger partial charge in [-0.15, -0.1) is 0 Å². The van der Waals surface area contributed by atoms with Crippen LogP contribution >= 0.6 is 0 Å². The number of methoxy groups -OCH3 is 2. The first-order valence-corrected chi connectivity index (χ1v) is 11.3. The third kappa shape index (κ3) is 4.07. The molecule has 0 unspecified atom stereocenters. The van der Waals surface area contributed by atoms with Crippen molar-refractivity contribution in [3.63, 3.8) is 0 Å². The Morgan fingerprint density at radius 3 is 2.37 bits per heavy atom. The van der Waals surface area contributed by atoms with Crippen molar-refractivity contribution < 1.29 is 19.2 Å². The first-order valence-electron chi connectivity index (χ1n) is 11.3. The van der Waals surface area contributed by atoms with Crippen molar-refractivity contribution in [3.05, 3.63) is 99.2 Å². The molecule has 2 N–H and O–H groups in total. The van der Waals surface area contributed by atoms with E-state index in [-0.39, 0.29) is 23.8 Å². The number of benzene rings is 3. The summed E-state index contributed by atoms with van der Waals surface area (Å²) in [6.07, 6.45) is 0.856. The molecule has 3 aromatic rings. The lowest BCUT2D eigenvalue weighted by atomic mass is 9.78. The Kier molecular flexibility index (Phi) is 5.86. The smallest absolute Gasteiger partial charge is 0.275 e. The van der Waals surface area contributed by atoms with Gasteiger partial charge in [-0.1, -0.05) is 30.3 Å². The minimum Gasteiger partial charge on any atom is -0.493 e. The molecule has 0 amide bonds. The third-order valence-electron chi connectivity index (χ3n) is 6.63. The van der Waals surface area contributed by atoms with E-state index >= 15 is 0 Å². The number of fused-ring (bicyclic) bond motifs is 1. The lowest BCUT2D eigenvalue weighted by molar-refractivity contribution is -0.385. The van der Waals surface area contributed by atoms with Crippen LogP contribution in [0.4, 0.5) is 17.1 Å². The molecule has 0 fully saturated rings. The van der Waals surface area contributed by atoms with Crippen molar-refractivity contribution in [1.29, 1.82) is 0 Å². The van der Waals surface area contributed by atoms with Crippen LogP contribution in [-0.2, 0) is 4.79 Å². The molecule has 0 saturated carbocycles. The highest BCUT2D eigenvalue weighted by atomic mass is 16.6. The van der Waals surface area contributed by atoms with E-state index in [9.17, 15) is 14.9 Å². The second-order valence-electron chi connectivity index (χ2n) is 8.60. The number of nitro benzene ring substituents is 1. The van der Waals surface area contributed by atoms with Crippen molar-refractivity contribution in [2.75, 3.05) is 24.9 Å². The Morgan fingerprint density at radius 1 is 0.914 bits per heavy atom. The molecule has 3 aromatic carbocycles. The Labute approximate surface area is 202 Å². The maximum atomic E-state index is 13.7. The Bertz CT molecular complexity index is 1350. The molecule has 0 bridgehead atoms. The monoisotopic (exact) mass is 471 g/mol. The van der Waals surface area contributed by atoms with Gasteiger partial charge in [0, 0.05) is 23.8 Å². The van der Waals surface area contributed by atoms with Gasteiger partial charge in [-0.25, -0.2) is 0 Å². The van der Waals surface area contributed by atoms with Crippen molar-refractivity contribution in [2.45, 2.75) is 24.8 Å². The number of rotatable bonds is 5. The number of ether oxygens (including phenoxy) is 2. The van der Waals surface area contributed by atoms with Gasteiger partial charge in [0.2, 0.25) is 0 Å². The van der Waals surface area contributed by atoms with Crippen LogP contribution in [0.1, 0.15) is 35.9 Å². The molecule has 5 rings (SSSR count). The number of anilines is 2. The summed E-state index contributed by atoms with van der Waals surface area (Å²) in [4.78, 5) is 25.1. The number of allylic oxidation sites excluding steroid dienone is 1. The molecule has 178 valence electrons. The van der Waals surface area contributed by atoms with Crippen LogP contribution < -0.4 is 20.1 Å². The number of carbonyl (C=O) groups is 1. The van der Waals surface area contributed by atoms with Crippen LogP contribution in [-0.4, -0.2) is 24.9 Å². The highest BCUT2D eigenvalue weighted by Gasteiger charge is 2.38. The average molecular weight is 472 g/mol. The molecule has 0 spiro atoms. The van der Waals surface area contributed by atoms with Crippen LogP contribution in [0, 0.1) is 10.1 Å². The zero-order valence-corrected chi connectivity index (χ0v) is 19.4. The number of nitrogens with one attached hydrogen (secondary N) is 2. The van der Waals surface area contributed by atoms with Crippen LogP contribution in [0.15, 0.2) is 78.0 Å². The number of nitrogens with zero attached hydrogens (tertiary/aromatic N) is 1. The zero-order valence-electron chi connectivity index (χ0n) is 19.4. The van der Waals surface area contributed by atoms with Crippen molar-refractivity contribution in [1.82, 2.24) is 0 Å². The second-order valence-corrected chi connectivity index (χ2v) is 8.60. The summed E-state index contributed by atoms with van der Waals surface area (Å²) < 4.78 is 10.8. The number of hydrogen-bond acceptors (Lipinski definition) is 7. The van der Waals surface area contributed by atoms with Gasteiger partial charge in [-0.3, -0.25) is 14.9 Å². The molecule has 0 saturated heterocycles. The van der Waals surface area contributed by atoms with Gasteiger partial charge in [-0.2, -0.15) is 0 Å². The topological polar surface area (TPSA) is 103 Å². The molecule has 8 heteroatoms. The van der Waals surface area contributed by atoms with Gasteiger partial charge in [0.1, 0.15) is 0 Å². The van der Waals surface area contributed by atoms with Gasteiger partial charge < -0.3 is 20.1 Å². The molecule has 0 radical (unpaired) electrons. The fraction of sp³-hybridized carbons (Fsp3) is 0.222. The molecule has 1 heterocycles.